The zero-order chi connectivity index (χ0) is 28.0. The summed E-state index contributed by atoms with van der Waals surface area (Å²) >= 11 is 0. The highest BCUT2D eigenvalue weighted by Gasteiger charge is 1.96. The van der Waals surface area contributed by atoms with Crippen LogP contribution >= 0.6 is 0 Å². The summed E-state index contributed by atoms with van der Waals surface area (Å²) in [5.41, 5.74) is 2.75. The Morgan fingerprint density at radius 2 is 0.897 bits per heavy atom. The topological polar surface area (TPSA) is 115 Å². The third kappa shape index (κ3) is 14.2. The maximum absolute atomic E-state index is 10.3. The van der Waals surface area contributed by atoms with Crippen molar-refractivity contribution in [3.63, 3.8) is 0 Å². The average molecular weight is 539 g/mol. The zero-order valence-electron chi connectivity index (χ0n) is 22.1. The van der Waals surface area contributed by atoms with Gasteiger partial charge in [0.15, 0.2) is 0 Å². The van der Waals surface area contributed by atoms with Gasteiger partial charge in [-0.2, -0.15) is 0 Å². The van der Waals surface area contributed by atoms with Crippen molar-refractivity contribution in [1.82, 2.24) is 0 Å². The van der Waals surface area contributed by atoms with Crippen LogP contribution in [-0.4, -0.2) is 74.5 Å². The van der Waals surface area contributed by atoms with Crippen LogP contribution in [0.5, 0.6) is 17.2 Å². The summed E-state index contributed by atoms with van der Waals surface area (Å²) < 4.78 is 20.7. The highest BCUT2D eigenvalue weighted by Crippen LogP contribution is 2.17. The lowest BCUT2D eigenvalue weighted by atomic mass is 10.1. The van der Waals surface area contributed by atoms with Crippen LogP contribution < -0.4 is 14.2 Å². The van der Waals surface area contributed by atoms with E-state index < -0.39 is 0 Å². The van der Waals surface area contributed by atoms with Gasteiger partial charge in [-0.1, -0.05) is 36.4 Å². The number of aliphatic hydroxyl groups is 3. The van der Waals surface area contributed by atoms with E-state index >= 15 is 0 Å². The van der Waals surface area contributed by atoms with Crippen molar-refractivity contribution < 1.29 is 39.1 Å². The lowest BCUT2D eigenvalue weighted by molar-refractivity contribution is 0.112. The van der Waals surface area contributed by atoms with Crippen LogP contribution in [0.25, 0.3) is 12.2 Å². The van der Waals surface area contributed by atoms with E-state index in [2.05, 4.69) is 0 Å². The molecule has 0 radical (unpaired) electrons. The van der Waals surface area contributed by atoms with E-state index in [-0.39, 0.29) is 26.4 Å². The van der Waals surface area contributed by atoms with Crippen molar-refractivity contribution in [3.8, 4) is 17.2 Å². The molecule has 8 heteroatoms. The van der Waals surface area contributed by atoms with E-state index in [0.29, 0.717) is 24.5 Å². The van der Waals surface area contributed by atoms with Crippen molar-refractivity contribution in [1.29, 1.82) is 0 Å². The minimum atomic E-state index is -0.00453. The third-order valence-corrected chi connectivity index (χ3v) is 5.15. The molecular weight excluding hydrogens is 500 g/mol. The van der Waals surface area contributed by atoms with Gasteiger partial charge >= 0.3 is 0 Å². The fourth-order valence-electron chi connectivity index (χ4n) is 3.19. The Labute approximate surface area is 230 Å². The van der Waals surface area contributed by atoms with Gasteiger partial charge in [-0.05, 0) is 72.5 Å². The molecule has 1 saturated heterocycles. The number of benzene rings is 3. The van der Waals surface area contributed by atoms with Crippen molar-refractivity contribution in [2.24, 2.45) is 0 Å². The summed E-state index contributed by atoms with van der Waals surface area (Å²) in [6.45, 7) is 2.91. The number of carbonyl (C=O) groups is 1. The van der Waals surface area contributed by atoms with E-state index in [0.717, 1.165) is 42.1 Å². The summed E-state index contributed by atoms with van der Waals surface area (Å²) in [6.07, 6.45) is 7.36. The second-order valence-corrected chi connectivity index (χ2v) is 8.19. The molecule has 1 aliphatic rings. The number of carbonyl (C=O) groups excluding carboxylic acids is 1. The van der Waals surface area contributed by atoms with Crippen LogP contribution in [0.4, 0.5) is 0 Å². The quantitative estimate of drug-likeness (QED) is 0.231. The first-order valence-corrected chi connectivity index (χ1v) is 12.9. The Hall–Kier alpha value is -3.69. The normalized spacial score (nSPS) is 12.1. The molecule has 4 rings (SSSR count). The van der Waals surface area contributed by atoms with Gasteiger partial charge in [0.25, 0.3) is 0 Å². The van der Waals surface area contributed by atoms with E-state index in [1.54, 1.807) is 24.3 Å². The van der Waals surface area contributed by atoms with Gasteiger partial charge in [-0.15, -0.1) is 0 Å². The first-order valence-electron chi connectivity index (χ1n) is 12.9. The molecule has 210 valence electrons. The largest absolute Gasteiger partial charge is 0.491 e. The minimum Gasteiger partial charge on any atom is -0.491 e. The van der Waals surface area contributed by atoms with Gasteiger partial charge in [0, 0.05) is 18.8 Å². The molecule has 0 spiro atoms. The number of ether oxygens (including phenoxy) is 4. The minimum absolute atomic E-state index is 0.00453. The molecule has 0 unspecified atom stereocenters. The standard InChI is InChI=1S/C18H20O4.C9H10O3.C4H8O/c19-11-13-21-17-7-3-15(4-8-17)1-2-16-5-9-18(10-6-16)22-14-12-20;10-5-6-12-9-3-1-8(7-11)2-4-9;1-2-4-5-3-1/h1-10,19-20H,11-14H2;1-4,7,10H,5-6H2;1-4H2/b2-1+;;. The molecule has 1 heterocycles. The maximum atomic E-state index is 10.3. The summed E-state index contributed by atoms with van der Waals surface area (Å²) in [7, 11) is 0. The number of hydrogen-bond acceptors (Lipinski definition) is 8. The van der Waals surface area contributed by atoms with Gasteiger partial charge in [0.05, 0.1) is 19.8 Å². The highest BCUT2D eigenvalue weighted by molar-refractivity contribution is 5.74. The Kier molecular flexibility index (Phi) is 16.4. The maximum Gasteiger partial charge on any atom is 0.150 e. The molecule has 0 aromatic heterocycles. The number of hydrogen-bond donors (Lipinski definition) is 3. The predicted molar refractivity (Wildman–Crippen MR) is 151 cm³/mol. The van der Waals surface area contributed by atoms with Crippen LogP contribution in [0.2, 0.25) is 0 Å². The Morgan fingerprint density at radius 1 is 0.564 bits per heavy atom. The first kappa shape index (κ1) is 31.5. The molecule has 0 bridgehead atoms. The van der Waals surface area contributed by atoms with Crippen LogP contribution in [0, 0.1) is 0 Å². The zero-order valence-corrected chi connectivity index (χ0v) is 22.1. The van der Waals surface area contributed by atoms with Crippen LogP contribution in [0.15, 0.2) is 72.8 Å². The molecule has 1 aliphatic heterocycles. The van der Waals surface area contributed by atoms with Crippen molar-refractivity contribution >= 4 is 18.4 Å². The fourth-order valence-corrected chi connectivity index (χ4v) is 3.19. The smallest absolute Gasteiger partial charge is 0.150 e. The third-order valence-electron chi connectivity index (χ3n) is 5.15. The van der Waals surface area contributed by atoms with Gasteiger partial charge in [-0.3, -0.25) is 4.79 Å². The Morgan fingerprint density at radius 3 is 1.15 bits per heavy atom. The van der Waals surface area contributed by atoms with E-state index in [9.17, 15) is 4.79 Å². The molecular formula is C31H38O8. The second kappa shape index (κ2) is 20.3. The molecule has 39 heavy (non-hydrogen) atoms. The second-order valence-electron chi connectivity index (χ2n) is 8.19. The number of aliphatic hydroxyl groups excluding tert-OH is 3. The van der Waals surface area contributed by atoms with Gasteiger partial charge < -0.3 is 34.3 Å². The summed E-state index contributed by atoms with van der Waals surface area (Å²) in [5, 5.41) is 25.9. The van der Waals surface area contributed by atoms with Crippen molar-refractivity contribution in [2.75, 3.05) is 52.9 Å². The van der Waals surface area contributed by atoms with Gasteiger partial charge in [0.1, 0.15) is 43.4 Å². The summed E-state index contributed by atoms with van der Waals surface area (Å²) in [4.78, 5) is 10.3. The molecule has 3 aromatic carbocycles. The lowest BCUT2D eigenvalue weighted by Crippen LogP contribution is -2.01. The first-order chi connectivity index (χ1) is 19.2. The molecule has 3 aromatic rings. The van der Waals surface area contributed by atoms with Crippen LogP contribution in [-0.2, 0) is 4.74 Å². The molecule has 3 N–H and O–H groups in total. The van der Waals surface area contributed by atoms with Gasteiger partial charge in [0.2, 0.25) is 0 Å². The van der Waals surface area contributed by atoms with E-state index in [1.807, 2.05) is 60.7 Å². The van der Waals surface area contributed by atoms with Gasteiger partial charge in [-0.25, -0.2) is 0 Å². The van der Waals surface area contributed by atoms with Crippen LogP contribution in [0.1, 0.15) is 34.3 Å². The molecule has 0 aliphatic carbocycles. The van der Waals surface area contributed by atoms with E-state index in [1.165, 1.54) is 12.8 Å². The number of rotatable bonds is 12. The Bertz CT molecular complexity index is 982. The average Bonchev–Trinajstić information content (AvgIpc) is 3.59. The fraction of sp³-hybridized carbons (Fsp3) is 0.323. The lowest BCUT2D eigenvalue weighted by Gasteiger charge is -2.04. The predicted octanol–water partition coefficient (Wildman–Crippen LogP) is 4.27. The molecule has 0 atom stereocenters. The molecule has 8 nitrogen and oxygen atoms in total. The Balaban J connectivity index is 0.000000259. The molecule has 0 amide bonds. The van der Waals surface area contributed by atoms with Crippen LogP contribution in [0.3, 0.4) is 0 Å². The number of aldehydes is 1. The van der Waals surface area contributed by atoms with Crippen molar-refractivity contribution in [2.45, 2.75) is 12.8 Å². The summed E-state index contributed by atoms with van der Waals surface area (Å²) in [6, 6.07) is 22.1. The van der Waals surface area contributed by atoms with E-state index in [4.69, 9.17) is 34.3 Å². The molecule has 1 fully saturated rings. The van der Waals surface area contributed by atoms with Crippen molar-refractivity contribution in [3.05, 3.63) is 89.5 Å². The monoisotopic (exact) mass is 538 g/mol. The summed E-state index contributed by atoms with van der Waals surface area (Å²) in [5.74, 6) is 2.16. The molecule has 0 saturated carbocycles. The highest BCUT2D eigenvalue weighted by atomic mass is 16.5. The SMILES string of the molecule is C1CCOC1.O=Cc1ccc(OCCO)cc1.OCCOc1ccc(/C=C/c2ccc(OCCO)cc2)cc1.